The third kappa shape index (κ3) is 13.0. The molecule has 1 atom stereocenters. The summed E-state index contributed by atoms with van der Waals surface area (Å²) in [6.45, 7) is 13.6. The summed E-state index contributed by atoms with van der Waals surface area (Å²) in [6, 6.07) is 30.4. The van der Waals surface area contributed by atoms with E-state index in [1.54, 1.807) is 0 Å². The van der Waals surface area contributed by atoms with Gasteiger partial charge in [-0.3, -0.25) is 9.18 Å². The molecule has 4 nitrogen and oxygen atoms in total. The largest absolute Gasteiger partial charge is 0.512 e. The molecule has 0 bridgehead atoms. The van der Waals surface area contributed by atoms with E-state index >= 15 is 0 Å². The molecule has 0 saturated heterocycles. The number of allylic oxidation sites excluding steroid dienone is 2. The molecule has 4 aromatic carbocycles. The van der Waals surface area contributed by atoms with E-state index in [9.17, 15) is 14.3 Å². The normalized spacial score (nSPS) is 15.5. The van der Waals surface area contributed by atoms with Gasteiger partial charge in [0.1, 0.15) is 0 Å². The van der Waals surface area contributed by atoms with Crippen LogP contribution in [0.2, 0.25) is 0 Å². The zero-order valence-corrected chi connectivity index (χ0v) is 40.8. The molecule has 0 amide bonds. The first-order valence-electron chi connectivity index (χ1n) is 24.6. The third-order valence-electron chi connectivity index (χ3n) is 12.9. The number of nitrogens with zero attached hydrogens (tertiary/aromatic N) is 2. The van der Waals surface area contributed by atoms with E-state index < -0.39 is 6.67 Å². The van der Waals surface area contributed by atoms with Gasteiger partial charge in [-0.05, 0) is 119 Å². The van der Waals surface area contributed by atoms with Gasteiger partial charge in [0.05, 0.1) is 16.5 Å². The average molecular weight is 1030 g/mol. The Morgan fingerprint density at radius 1 is 0.714 bits per heavy atom. The van der Waals surface area contributed by atoms with Gasteiger partial charge >= 0.3 is 0 Å². The zero-order valence-electron chi connectivity index (χ0n) is 41.4. The number of hydrogen-bond donors (Lipinski definition) is 1. The predicted molar refractivity (Wildman–Crippen MR) is 258 cm³/mol. The van der Waals surface area contributed by atoms with E-state index in [0.29, 0.717) is 24.4 Å². The van der Waals surface area contributed by atoms with Crippen molar-refractivity contribution >= 4 is 27.3 Å². The van der Waals surface area contributed by atoms with Crippen LogP contribution in [0.3, 0.4) is 0 Å². The Kier molecular flexibility index (Phi) is 17.1. The number of ketones is 1. The molecule has 2 heterocycles. The van der Waals surface area contributed by atoms with E-state index in [2.05, 4.69) is 104 Å². The fourth-order valence-electron chi connectivity index (χ4n) is 9.47. The molecule has 2 aliphatic rings. The number of aryl methyl sites for hydroxylation is 4. The summed E-state index contributed by atoms with van der Waals surface area (Å²) in [5, 5.41) is 13.8. The number of hydrogen-bond acceptors (Lipinski definition) is 4. The number of aromatic nitrogens is 2. The minimum atomic E-state index is -0.463. The monoisotopic (exact) mass is 1030 g/mol. The fourth-order valence-corrected chi connectivity index (χ4v) is 9.47. The second-order valence-electron chi connectivity index (χ2n) is 17.6. The quantitative estimate of drug-likeness (QED) is 0.0754. The van der Waals surface area contributed by atoms with Gasteiger partial charge in [0.2, 0.25) is 0 Å². The topological polar surface area (TPSA) is 63.1 Å². The van der Waals surface area contributed by atoms with Crippen LogP contribution >= 0.6 is 0 Å². The van der Waals surface area contributed by atoms with Gasteiger partial charge in [0.15, 0.2) is 5.78 Å². The first-order valence-corrected chi connectivity index (χ1v) is 23.1. The second kappa shape index (κ2) is 24.0. The summed E-state index contributed by atoms with van der Waals surface area (Å²) in [5.74, 6) is 1.04. The maximum atomic E-state index is 12.2. The van der Waals surface area contributed by atoms with Crippen molar-refractivity contribution in [1.29, 1.82) is 0 Å². The smallest absolute Gasteiger partial charge is 0.162 e. The Morgan fingerprint density at radius 3 is 1.67 bits per heavy atom. The molecule has 2 aliphatic carbocycles. The number of aliphatic hydroxyl groups is 1. The number of pyridine rings is 2. The maximum Gasteiger partial charge on any atom is 0.162 e. The molecular formula is C57H67FIrN2O2-2. The number of halogens is 1. The summed E-state index contributed by atoms with van der Waals surface area (Å²) in [5.41, 5.74) is 10.8. The Bertz CT molecular complexity index is 2590. The van der Waals surface area contributed by atoms with Crippen LogP contribution in [-0.4, -0.2) is 27.5 Å². The number of fused-ring (bicyclic) bond motifs is 2. The molecule has 2 fully saturated rings. The molecule has 0 aliphatic heterocycles. The van der Waals surface area contributed by atoms with Crippen LogP contribution in [0.25, 0.3) is 44.1 Å². The van der Waals surface area contributed by atoms with Crippen LogP contribution in [0.15, 0.2) is 97.0 Å². The van der Waals surface area contributed by atoms with Gasteiger partial charge in [-0.2, -0.15) is 0 Å². The Labute approximate surface area is 394 Å². The molecule has 63 heavy (non-hydrogen) atoms. The van der Waals surface area contributed by atoms with Crippen molar-refractivity contribution in [3.05, 3.63) is 142 Å². The fraction of sp³-hybridized carbons (Fsp3) is 0.421. The van der Waals surface area contributed by atoms with Crippen LogP contribution in [-0.2, 0) is 24.9 Å². The number of carbonyl (C=O) groups excluding carboxylic acids is 1. The second-order valence-corrected chi connectivity index (χ2v) is 17.6. The van der Waals surface area contributed by atoms with Crippen LogP contribution in [0.4, 0.5) is 4.39 Å². The Balaban J connectivity index is 0.000000190. The number of carbonyl (C=O) groups is 1. The molecule has 1 unspecified atom stereocenters. The molecule has 2 aromatic heterocycles. The van der Waals surface area contributed by atoms with Crippen molar-refractivity contribution in [3.8, 4) is 22.5 Å². The summed E-state index contributed by atoms with van der Waals surface area (Å²) in [6.07, 6.45) is 14.5. The molecule has 1 radical (unpaired) electrons. The minimum Gasteiger partial charge on any atom is -0.512 e. The van der Waals surface area contributed by atoms with E-state index in [-0.39, 0.29) is 62.1 Å². The summed E-state index contributed by atoms with van der Waals surface area (Å²) in [4.78, 5) is 20.7. The molecule has 6 heteroatoms. The van der Waals surface area contributed by atoms with Gasteiger partial charge in [-0.1, -0.05) is 111 Å². The van der Waals surface area contributed by atoms with Crippen molar-refractivity contribution in [2.24, 2.45) is 11.8 Å². The van der Waals surface area contributed by atoms with Crippen molar-refractivity contribution in [3.63, 3.8) is 0 Å². The van der Waals surface area contributed by atoms with E-state index in [0.717, 1.165) is 73.6 Å². The van der Waals surface area contributed by atoms with E-state index in [1.807, 2.05) is 33.8 Å². The number of rotatable bonds is 12. The maximum absolute atomic E-state index is 12.2. The first kappa shape index (κ1) is 45.1. The van der Waals surface area contributed by atoms with Gasteiger partial charge in [-0.15, -0.1) is 69.8 Å². The number of aliphatic hydroxyl groups excluding tert-OH is 1. The van der Waals surface area contributed by atoms with Crippen molar-refractivity contribution < 1.29 is 38.5 Å². The van der Waals surface area contributed by atoms with Gasteiger partial charge in [-0.25, -0.2) is 0 Å². The predicted octanol–water partition coefficient (Wildman–Crippen LogP) is 15.8. The number of benzene rings is 4. The SMILES string of the molecule is CCC(CC)C(=O)/C=C(\O)C(CC)CCF.[2H]c1cc2cc(C3CCCC3)ccc2c(-c2[c-]c(C)cc(C)c2)n1.[2H]c1nc(-c2[c-]c(C)cc(C)c2)c2ccc(C3CCCC3)cc2c1[2H].[Ir]. The Morgan fingerprint density at radius 2 is 1.19 bits per heavy atom. The molecule has 6 aromatic rings. The third-order valence-corrected chi connectivity index (χ3v) is 12.9. The molecule has 2 saturated carbocycles. The van der Waals surface area contributed by atoms with Crippen LogP contribution in [0.1, 0.15) is 147 Å². The molecule has 335 valence electrons. The molecule has 1 N–H and O–H groups in total. The summed E-state index contributed by atoms with van der Waals surface area (Å²) < 4.78 is 36.8. The van der Waals surface area contributed by atoms with Gasteiger partial charge < -0.3 is 15.1 Å². The molecule has 0 spiro atoms. The molecule has 8 rings (SSSR count). The van der Waals surface area contributed by atoms with E-state index in [4.69, 9.17) is 4.11 Å². The van der Waals surface area contributed by atoms with Crippen LogP contribution in [0.5, 0.6) is 0 Å². The summed E-state index contributed by atoms with van der Waals surface area (Å²) >= 11 is 0. The Hall–Kier alpha value is -4.51. The van der Waals surface area contributed by atoms with Crippen molar-refractivity contribution in [1.82, 2.24) is 9.97 Å². The van der Waals surface area contributed by atoms with Crippen molar-refractivity contribution in [2.45, 2.75) is 137 Å². The first-order chi connectivity index (χ1) is 31.2. The summed E-state index contributed by atoms with van der Waals surface area (Å²) in [7, 11) is 0. The minimum absolute atomic E-state index is 0. The van der Waals surface area contributed by atoms with Crippen molar-refractivity contribution in [2.75, 3.05) is 6.67 Å². The number of alkyl halides is 1. The van der Waals surface area contributed by atoms with Crippen LogP contribution < -0.4 is 0 Å². The van der Waals surface area contributed by atoms with Crippen LogP contribution in [0, 0.1) is 51.7 Å². The zero-order chi connectivity index (χ0) is 46.8. The average Bonchev–Trinajstić information content (AvgIpc) is 4.03. The van der Waals surface area contributed by atoms with E-state index in [1.165, 1.54) is 74.1 Å². The standard InChI is InChI=1S/2C22H22N.C13H23FO2.Ir/c2*1-15-11-16(2)13-20(12-15)22-21-8-7-18(17-5-3-4-6-17)14-19(21)9-10-23-22;1-4-10(5-2)12(15)9-13(16)11(6-3)7-8-14;/h2*7-12,14,17H,3-6H2,1-2H3;9-11,16H,4-8H2,1-3H3;/q2*-1;;/b;;13-9-;/i9D,10D;10D;;. The molecular weight excluding hydrogens is 956 g/mol. The van der Waals surface area contributed by atoms with Gasteiger partial charge in [0.25, 0.3) is 0 Å². The van der Waals surface area contributed by atoms with Gasteiger partial charge in [0, 0.05) is 50.4 Å².